The summed E-state index contributed by atoms with van der Waals surface area (Å²) >= 11 is 0. The van der Waals surface area contributed by atoms with Crippen LogP contribution in [0.1, 0.15) is 52.0 Å². The van der Waals surface area contributed by atoms with E-state index in [0.29, 0.717) is 24.1 Å². The standard InChI is InChI=1S/C25H29N3O3/c29-23(12-11-19-7-2-1-3-8-19)26-20-13-17-27(18-14-20)15-6-16-28-24(30)21-9-4-5-10-22(21)25(28)31/h1-5,7-10,20H,6,11-18H2,(H,26,29). The summed E-state index contributed by atoms with van der Waals surface area (Å²) in [5, 5.41) is 3.17. The molecule has 1 N–H and O–H groups in total. The summed E-state index contributed by atoms with van der Waals surface area (Å²) < 4.78 is 0. The summed E-state index contributed by atoms with van der Waals surface area (Å²) in [4.78, 5) is 40.8. The zero-order chi connectivity index (χ0) is 21.6. The van der Waals surface area contributed by atoms with Crippen LogP contribution in [0.4, 0.5) is 0 Å². The molecule has 3 amide bonds. The Balaban J connectivity index is 1.14. The summed E-state index contributed by atoms with van der Waals surface area (Å²) in [7, 11) is 0. The predicted octanol–water partition coefficient (Wildman–Crippen LogP) is 2.89. The van der Waals surface area contributed by atoms with Gasteiger partial charge in [0.05, 0.1) is 11.1 Å². The molecule has 2 aromatic carbocycles. The summed E-state index contributed by atoms with van der Waals surface area (Å²) in [5.41, 5.74) is 2.21. The lowest BCUT2D eigenvalue weighted by Gasteiger charge is -2.32. The van der Waals surface area contributed by atoms with E-state index in [1.165, 1.54) is 10.5 Å². The lowest BCUT2D eigenvalue weighted by Crippen LogP contribution is -2.45. The maximum Gasteiger partial charge on any atom is 0.261 e. The van der Waals surface area contributed by atoms with Crippen LogP contribution in [0.5, 0.6) is 0 Å². The first-order valence-electron chi connectivity index (χ1n) is 11.1. The van der Waals surface area contributed by atoms with Gasteiger partial charge < -0.3 is 10.2 Å². The fourth-order valence-electron chi connectivity index (χ4n) is 4.40. The molecule has 0 aromatic heterocycles. The molecule has 0 unspecified atom stereocenters. The van der Waals surface area contributed by atoms with Crippen molar-refractivity contribution in [3.8, 4) is 0 Å². The number of hydrogen-bond donors (Lipinski definition) is 1. The van der Waals surface area contributed by atoms with Crippen molar-refractivity contribution < 1.29 is 14.4 Å². The average Bonchev–Trinajstić information content (AvgIpc) is 3.05. The monoisotopic (exact) mass is 419 g/mol. The van der Waals surface area contributed by atoms with Crippen molar-refractivity contribution in [1.82, 2.24) is 15.1 Å². The van der Waals surface area contributed by atoms with Gasteiger partial charge in [-0.25, -0.2) is 0 Å². The number of imide groups is 1. The van der Waals surface area contributed by atoms with E-state index < -0.39 is 0 Å². The molecule has 31 heavy (non-hydrogen) atoms. The van der Waals surface area contributed by atoms with Gasteiger partial charge in [0.2, 0.25) is 5.91 Å². The Labute approximate surface area is 183 Å². The van der Waals surface area contributed by atoms with Crippen LogP contribution >= 0.6 is 0 Å². The van der Waals surface area contributed by atoms with Gasteiger partial charge in [-0.15, -0.1) is 0 Å². The van der Waals surface area contributed by atoms with Crippen LogP contribution in [0.15, 0.2) is 54.6 Å². The van der Waals surface area contributed by atoms with Crippen LogP contribution in [-0.2, 0) is 11.2 Å². The molecule has 1 saturated heterocycles. The summed E-state index contributed by atoms with van der Waals surface area (Å²) in [5.74, 6) is -0.247. The molecule has 2 aliphatic heterocycles. The molecule has 2 aliphatic rings. The Bertz CT molecular complexity index is 901. The van der Waals surface area contributed by atoms with Gasteiger partial charge in [-0.1, -0.05) is 42.5 Å². The number of benzene rings is 2. The van der Waals surface area contributed by atoms with E-state index in [1.54, 1.807) is 24.3 Å². The number of hydrogen-bond acceptors (Lipinski definition) is 4. The minimum absolute atomic E-state index is 0.118. The van der Waals surface area contributed by atoms with E-state index in [1.807, 2.05) is 30.3 Å². The smallest absolute Gasteiger partial charge is 0.261 e. The minimum Gasteiger partial charge on any atom is -0.353 e. The zero-order valence-corrected chi connectivity index (χ0v) is 17.8. The average molecular weight is 420 g/mol. The summed E-state index contributed by atoms with van der Waals surface area (Å²) in [6.45, 7) is 3.14. The fourth-order valence-corrected chi connectivity index (χ4v) is 4.40. The summed E-state index contributed by atoms with van der Waals surface area (Å²) in [6, 6.07) is 17.3. The highest BCUT2D eigenvalue weighted by Crippen LogP contribution is 2.22. The first kappa shape index (κ1) is 21.2. The van der Waals surface area contributed by atoms with E-state index in [4.69, 9.17) is 0 Å². The van der Waals surface area contributed by atoms with Gasteiger partial charge in [-0.05, 0) is 49.9 Å². The molecular formula is C25H29N3O3. The third kappa shape index (κ3) is 5.20. The lowest BCUT2D eigenvalue weighted by molar-refractivity contribution is -0.122. The Morgan fingerprint density at radius 1 is 0.871 bits per heavy atom. The first-order chi connectivity index (χ1) is 15.1. The second-order valence-corrected chi connectivity index (χ2v) is 8.33. The predicted molar refractivity (Wildman–Crippen MR) is 119 cm³/mol. The van der Waals surface area contributed by atoms with Crippen LogP contribution in [0.3, 0.4) is 0 Å². The van der Waals surface area contributed by atoms with Crippen molar-refractivity contribution in [2.24, 2.45) is 0 Å². The largest absolute Gasteiger partial charge is 0.353 e. The number of rotatable bonds is 8. The van der Waals surface area contributed by atoms with Gasteiger partial charge in [0.15, 0.2) is 0 Å². The molecule has 6 heteroatoms. The molecule has 162 valence electrons. The summed E-state index contributed by atoms with van der Waals surface area (Å²) in [6.07, 6.45) is 3.92. The number of amides is 3. The van der Waals surface area contributed by atoms with Crippen LogP contribution in [0.25, 0.3) is 0 Å². The van der Waals surface area contributed by atoms with Gasteiger partial charge in [0, 0.05) is 32.1 Å². The number of aryl methyl sites for hydroxylation is 1. The van der Waals surface area contributed by atoms with Gasteiger partial charge in [0.1, 0.15) is 0 Å². The van der Waals surface area contributed by atoms with E-state index in [9.17, 15) is 14.4 Å². The van der Waals surface area contributed by atoms with Crippen molar-refractivity contribution in [1.29, 1.82) is 0 Å². The van der Waals surface area contributed by atoms with Gasteiger partial charge in [-0.3, -0.25) is 19.3 Å². The van der Waals surface area contributed by atoms with Crippen molar-refractivity contribution in [3.63, 3.8) is 0 Å². The molecule has 2 aromatic rings. The SMILES string of the molecule is O=C(CCc1ccccc1)NC1CCN(CCCN2C(=O)c3ccccc3C2=O)CC1. The third-order valence-electron chi connectivity index (χ3n) is 6.17. The molecule has 4 rings (SSSR count). The van der Waals surface area contributed by atoms with Gasteiger partial charge >= 0.3 is 0 Å². The molecule has 2 heterocycles. The van der Waals surface area contributed by atoms with Crippen molar-refractivity contribution in [2.45, 2.75) is 38.1 Å². The number of fused-ring (bicyclic) bond motifs is 1. The molecule has 1 fully saturated rings. The second-order valence-electron chi connectivity index (χ2n) is 8.33. The topological polar surface area (TPSA) is 69.7 Å². The molecule has 0 radical (unpaired) electrons. The molecule has 0 aliphatic carbocycles. The molecule has 0 spiro atoms. The van der Waals surface area contributed by atoms with Crippen LogP contribution in [-0.4, -0.2) is 59.7 Å². The molecule has 6 nitrogen and oxygen atoms in total. The fraction of sp³-hybridized carbons (Fsp3) is 0.400. The van der Waals surface area contributed by atoms with E-state index >= 15 is 0 Å². The highest BCUT2D eigenvalue weighted by molar-refractivity contribution is 6.21. The zero-order valence-electron chi connectivity index (χ0n) is 17.8. The second kappa shape index (κ2) is 9.88. The number of carbonyl (C=O) groups excluding carboxylic acids is 3. The normalized spacial score (nSPS) is 17.1. The first-order valence-corrected chi connectivity index (χ1v) is 11.1. The molecule has 0 saturated carbocycles. The van der Waals surface area contributed by atoms with Crippen LogP contribution < -0.4 is 5.32 Å². The van der Waals surface area contributed by atoms with Crippen LogP contribution in [0, 0.1) is 0 Å². The lowest BCUT2D eigenvalue weighted by atomic mass is 10.0. The number of likely N-dealkylation sites (tertiary alicyclic amines) is 1. The number of nitrogens with zero attached hydrogens (tertiary/aromatic N) is 2. The van der Waals surface area contributed by atoms with Crippen molar-refractivity contribution in [3.05, 3.63) is 71.3 Å². The highest BCUT2D eigenvalue weighted by atomic mass is 16.2. The highest BCUT2D eigenvalue weighted by Gasteiger charge is 2.34. The Morgan fingerprint density at radius 3 is 2.13 bits per heavy atom. The maximum atomic E-state index is 12.4. The Morgan fingerprint density at radius 2 is 1.48 bits per heavy atom. The van der Waals surface area contributed by atoms with Crippen molar-refractivity contribution >= 4 is 17.7 Å². The van der Waals surface area contributed by atoms with E-state index in [2.05, 4.69) is 10.2 Å². The molecule has 0 bridgehead atoms. The van der Waals surface area contributed by atoms with E-state index in [0.717, 1.165) is 45.3 Å². The molecule has 0 atom stereocenters. The Kier molecular flexibility index (Phi) is 6.77. The quantitative estimate of drug-likeness (QED) is 0.668. The van der Waals surface area contributed by atoms with E-state index in [-0.39, 0.29) is 23.8 Å². The molecular weight excluding hydrogens is 390 g/mol. The van der Waals surface area contributed by atoms with Gasteiger partial charge in [0.25, 0.3) is 11.8 Å². The van der Waals surface area contributed by atoms with Gasteiger partial charge in [-0.2, -0.15) is 0 Å². The number of carbonyl (C=O) groups is 3. The number of piperidine rings is 1. The maximum absolute atomic E-state index is 12.4. The third-order valence-corrected chi connectivity index (χ3v) is 6.17. The minimum atomic E-state index is -0.183. The Hall–Kier alpha value is -2.99. The van der Waals surface area contributed by atoms with Crippen molar-refractivity contribution in [2.75, 3.05) is 26.2 Å². The van der Waals surface area contributed by atoms with Crippen LogP contribution in [0.2, 0.25) is 0 Å². The number of nitrogens with one attached hydrogen (secondary N) is 1.